The SMILES string of the molecule is Cc1ccc(Nc2ccc(CNC(=O)C3(CC(=O)C4(C#N)CC4)CC3)nc2)c(C(F)(F)F)c1. The summed E-state index contributed by atoms with van der Waals surface area (Å²) in [5, 5.41) is 14.7. The first-order valence-corrected chi connectivity index (χ1v) is 10.7. The molecule has 0 radical (unpaired) electrons. The maximum Gasteiger partial charge on any atom is 0.418 e. The van der Waals surface area contributed by atoms with Crippen molar-refractivity contribution in [2.24, 2.45) is 10.8 Å². The number of amides is 1. The number of carbonyl (C=O) groups is 2. The number of aryl methyl sites for hydroxylation is 1. The number of benzene rings is 1. The lowest BCUT2D eigenvalue weighted by atomic mass is 9.90. The Kier molecular flexibility index (Phi) is 5.64. The molecule has 172 valence electrons. The molecule has 2 aliphatic rings. The number of ketones is 1. The van der Waals surface area contributed by atoms with Gasteiger partial charge in [-0.25, -0.2) is 0 Å². The molecule has 33 heavy (non-hydrogen) atoms. The van der Waals surface area contributed by atoms with Crippen LogP contribution in [0.2, 0.25) is 0 Å². The second kappa shape index (κ2) is 8.18. The Balaban J connectivity index is 1.35. The predicted octanol–water partition coefficient (Wildman–Crippen LogP) is 4.81. The van der Waals surface area contributed by atoms with Crippen molar-refractivity contribution in [1.82, 2.24) is 10.3 Å². The first-order chi connectivity index (χ1) is 15.6. The van der Waals surface area contributed by atoms with Gasteiger partial charge < -0.3 is 10.6 Å². The Morgan fingerprint density at radius 2 is 1.88 bits per heavy atom. The van der Waals surface area contributed by atoms with Crippen LogP contribution in [0.1, 0.15) is 48.9 Å². The Morgan fingerprint density at radius 1 is 1.15 bits per heavy atom. The van der Waals surface area contributed by atoms with E-state index in [1.54, 1.807) is 25.1 Å². The quantitative estimate of drug-likeness (QED) is 0.594. The number of nitriles is 1. The normalized spacial score (nSPS) is 17.5. The molecule has 1 heterocycles. The molecule has 2 aromatic rings. The fourth-order valence-electron chi connectivity index (χ4n) is 3.81. The maximum absolute atomic E-state index is 13.3. The van der Waals surface area contributed by atoms with Gasteiger partial charge in [-0.15, -0.1) is 0 Å². The third-order valence-corrected chi connectivity index (χ3v) is 6.35. The van der Waals surface area contributed by atoms with Gasteiger partial charge in [0.05, 0.1) is 46.9 Å². The van der Waals surface area contributed by atoms with E-state index >= 15 is 0 Å². The molecule has 6 nitrogen and oxygen atoms in total. The van der Waals surface area contributed by atoms with Crippen LogP contribution in [0, 0.1) is 29.1 Å². The average molecular weight is 456 g/mol. The van der Waals surface area contributed by atoms with Crippen molar-refractivity contribution in [3.63, 3.8) is 0 Å². The van der Waals surface area contributed by atoms with Gasteiger partial charge in [0.1, 0.15) is 5.41 Å². The second-order valence-corrected chi connectivity index (χ2v) is 8.97. The van der Waals surface area contributed by atoms with E-state index in [0.717, 1.165) is 6.07 Å². The number of rotatable bonds is 8. The van der Waals surface area contributed by atoms with Crippen LogP contribution in [-0.4, -0.2) is 16.7 Å². The van der Waals surface area contributed by atoms with Crippen LogP contribution in [-0.2, 0) is 22.3 Å². The summed E-state index contributed by atoms with van der Waals surface area (Å²) >= 11 is 0. The molecule has 2 N–H and O–H groups in total. The van der Waals surface area contributed by atoms with Gasteiger partial charge in [-0.05, 0) is 56.9 Å². The molecule has 1 aromatic carbocycles. The van der Waals surface area contributed by atoms with Gasteiger partial charge in [-0.2, -0.15) is 18.4 Å². The number of hydrogen-bond donors (Lipinski definition) is 2. The van der Waals surface area contributed by atoms with Gasteiger partial charge in [0.25, 0.3) is 0 Å². The molecule has 1 amide bonds. The Morgan fingerprint density at radius 3 is 2.42 bits per heavy atom. The van der Waals surface area contributed by atoms with Crippen LogP contribution in [0.15, 0.2) is 36.5 Å². The number of carbonyl (C=O) groups excluding carboxylic acids is 2. The zero-order valence-electron chi connectivity index (χ0n) is 18.1. The van der Waals surface area contributed by atoms with Crippen LogP contribution in [0.3, 0.4) is 0 Å². The third kappa shape index (κ3) is 4.85. The van der Waals surface area contributed by atoms with Crippen LogP contribution in [0.4, 0.5) is 24.5 Å². The second-order valence-electron chi connectivity index (χ2n) is 8.97. The molecule has 9 heteroatoms. The Bertz CT molecular complexity index is 1130. The van der Waals surface area contributed by atoms with E-state index in [9.17, 15) is 28.0 Å². The van der Waals surface area contributed by atoms with Crippen LogP contribution < -0.4 is 10.6 Å². The monoisotopic (exact) mass is 456 g/mol. The smallest absolute Gasteiger partial charge is 0.354 e. The number of hydrogen-bond acceptors (Lipinski definition) is 5. The van der Waals surface area contributed by atoms with Crippen LogP contribution >= 0.6 is 0 Å². The lowest BCUT2D eigenvalue weighted by molar-refractivity contribution is -0.137. The summed E-state index contributed by atoms with van der Waals surface area (Å²) in [5.41, 5.74) is -1.02. The molecule has 0 atom stereocenters. The molecule has 2 fully saturated rings. The van der Waals surface area contributed by atoms with Gasteiger partial charge in [0, 0.05) is 6.42 Å². The van der Waals surface area contributed by atoms with E-state index in [1.165, 1.54) is 12.3 Å². The van der Waals surface area contributed by atoms with Crippen molar-refractivity contribution in [2.45, 2.75) is 51.7 Å². The number of anilines is 2. The molecule has 2 saturated carbocycles. The summed E-state index contributed by atoms with van der Waals surface area (Å²) in [6, 6.07) is 9.33. The van der Waals surface area contributed by atoms with Crippen LogP contribution in [0.5, 0.6) is 0 Å². The molecule has 2 aliphatic carbocycles. The topological polar surface area (TPSA) is 94.9 Å². The molecule has 1 aromatic heterocycles. The lowest BCUT2D eigenvalue weighted by Gasteiger charge is -2.16. The first-order valence-electron chi connectivity index (χ1n) is 10.7. The van der Waals surface area contributed by atoms with E-state index in [4.69, 9.17) is 0 Å². The van der Waals surface area contributed by atoms with Gasteiger partial charge in [-0.1, -0.05) is 11.6 Å². The van der Waals surface area contributed by atoms with E-state index in [2.05, 4.69) is 21.7 Å². The zero-order valence-corrected chi connectivity index (χ0v) is 18.1. The van der Waals surface area contributed by atoms with Crippen molar-refractivity contribution in [3.8, 4) is 6.07 Å². The van der Waals surface area contributed by atoms with E-state index in [-0.39, 0.29) is 30.3 Å². The summed E-state index contributed by atoms with van der Waals surface area (Å²) in [6.45, 7) is 1.73. The van der Waals surface area contributed by atoms with Crippen molar-refractivity contribution >= 4 is 23.1 Å². The summed E-state index contributed by atoms with van der Waals surface area (Å²) in [6.07, 6.45) is -0.642. The fraction of sp³-hybridized carbons (Fsp3) is 0.417. The number of alkyl halides is 3. The highest BCUT2D eigenvalue weighted by Gasteiger charge is 2.57. The summed E-state index contributed by atoms with van der Waals surface area (Å²) in [5.74, 6) is -0.386. The maximum atomic E-state index is 13.3. The van der Waals surface area contributed by atoms with Gasteiger partial charge in [0.2, 0.25) is 5.91 Å². The number of nitrogens with zero attached hydrogens (tertiary/aromatic N) is 2. The number of halogens is 3. The van der Waals surface area contributed by atoms with Crippen molar-refractivity contribution < 1.29 is 22.8 Å². The summed E-state index contributed by atoms with van der Waals surface area (Å²) in [7, 11) is 0. The molecule has 4 rings (SSSR count). The molecular weight excluding hydrogens is 433 g/mol. The highest BCUT2D eigenvalue weighted by atomic mass is 19.4. The van der Waals surface area contributed by atoms with E-state index in [0.29, 0.717) is 42.6 Å². The van der Waals surface area contributed by atoms with E-state index in [1.807, 2.05) is 0 Å². The number of pyridine rings is 1. The van der Waals surface area contributed by atoms with Gasteiger partial charge >= 0.3 is 6.18 Å². The van der Waals surface area contributed by atoms with Crippen molar-refractivity contribution in [3.05, 3.63) is 53.3 Å². The van der Waals surface area contributed by atoms with Gasteiger partial charge in [-0.3, -0.25) is 14.6 Å². The minimum atomic E-state index is -4.49. The Labute approximate surface area is 189 Å². The molecule has 0 bridgehead atoms. The highest BCUT2D eigenvalue weighted by Crippen LogP contribution is 2.54. The van der Waals surface area contributed by atoms with Crippen molar-refractivity contribution in [1.29, 1.82) is 5.26 Å². The van der Waals surface area contributed by atoms with Gasteiger partial charge in [0.15, 0.2) is 5.78 Å². The standard InChI is InChI=1S/C24H23F3N4O2/c1-15-2-5-19(18(10-15)24(25,26)27)31-17-4-3-16(29-13-17)12-30-21(33)22(6-7-22)11-20(32)23(14-28)8-9-23/h2-5,10,13,31H,6-9,11-12H2,1H3,(H,30,33). The minimum Gasteiger partial charge on any atom is -0.354 e. The zero-order chi connectivity index (χ0) is 23.9. The summed E-state index contributed by atoms with van der Waals surface area (Å²) in [4.78, 5) is 29.3. The van der Waals surface area contributed by atoms with E-state index < -0.39 is 22.6 Å². The number of Topliss-reactive ketones (excluding diaryl/α,β-unsaturated/α-hetero) is 1. The largest absolute Gasteiger partial charge is 0.418 e. The number of aromatic nitrogens is 1. The fourth-order valence-corrected chi connectivity index (χ4v) is 3.81. The number of nitrogens with one attached hydrogen (secondary N) is 2. The average Bonchev–Trinajstić information content (AvgIpc) is 3.69. The lowest BCUT2D eigenvalue weighted by Crippen LogP contribution is -2.34. The molecule has 0 spiro atoms. The first kappa shape index (κ1) is 22.8. The molecular formula is C24H23F3N4O2. The minimum absolute atomic E-state index is 0.0675. The Hall–Kier alpha value is -3.41. The summed E-state index contributed by atoms with van der Waals surface area (Å²) < 4.78 is 39.9. The highest BCUT2D eigenvalue weighted by molar-refractivity contribution is 5.96. The third-order valence-electron chi connectivity index (χ3n) is 6.35. The molecule has 0 aliphatic heterocycles. The predicted molar refractivity (Wildman–Crippen MR) is 114 cm³/mol. The molecule has 0 saturated heterocycles. The molecule has 0 unspecified atom stereocenters. The van der Waals surface area contributed by atoms with Crippen LogP contribution in [0.25, 0.3) is 0 Å². The van der Waals surface area contributed by atoms with Crippen molar-refractivity contribution in [2.75, 3.05) is 5.32 Å².